The number of carbonyl (C=O) groups is 1. The van der Waals surface area contributed by atoms with Crippen LogP contribution in [0.25, 0.3) is 0 Å². The van der Waals surface area contributed by atoms with Crippen LogP contribution in [0.4, 0.5) is 5.69 Å². The number of carbonyl (C=O) groups excluding carboxylic acids is 1. The molecule has 76 valence electrons. The van der Waals surface area contributed by atoms with Gasteiger partial charge in [-0.3, -0.25) is 0 Å². The van der Waals surface area contributed by atoms with E-state index in [0.717, 1.165) is 16.8 Å². The summed E-state index contributed by atoms with van der Waals surface area (Å²) in [6, 6.07) is 3.70. The Morgan fingerprint density at radius 2 is 2.00 bits per heavy atom. The maximum atomic E-state index is 11.4. The van der Waals surface area contributed by atoms with Crippen LogP contribution in [-0.4, -0.2) is 20.1 Å². The minimum absolute atomic E-state index is 0.293. The molecular formula is C11H15NO2. The van der Waals surface area contributed by atoms with E-state index in [1.54, 1.807) is 6.07 Å². The van der Waals surface area contributed by atoms with Crippen molar-refractivity contribution in [3.8, 4) is 0 Å². The van der Waals surface area contributed by atoms with E-state index in [0.29, 0.717) is 5.56 Å². The first-order chi connectivity index (χ1) is 6.61. The van der Waals surface area contributed by atoms with Crippen LogP contribution >= 0.6 is 0 Å². The van der Waals surface area contributed by atoms with Gasteiger partial charge in [-0.25, -0.2) is 4.79 Å². The average molecular weight is 193 g/mol. The number of rotatable bonds is 2. The summed E-state index contributed by atoms with van der Waals surface area (Å²) in [6.45, 7) is 3.91. The molecule has 0 aromatic heterocycles. The normalized spacial score (nSPS) is 9.71. The topological polar surface area (TPSA) is 38.3 Å². The highest BCUT2D eigenvalue weighted by Gasteiger charge is 2.12. The summed E-state index contributed by atoms with van der Waals surface area (Å²) in [4.78, 5) is 11.4. The summed E-state index contributed by atoms with van der Waals surface area (Å²) >= 11 is 0. The zero-order valence-electron chi connectivity index (χ0n) is 8.97. The average Bonchev–Trinajstić information content (AvgIpc) is 2.18. The molecule has 0 atom stereocenters. The van der Waals surface area contributed by atoms with E-state index in [4.69, 9.17) is 0 Å². The van der Waals surface area contributed by atoms with Crippen molar-refractivity contribution in [2.75, 3.05) is 19.5 Å². The number of methoxy groups -OCH3 is 1. The standard InChI is InChI=1S/C11H15NO2/c1-7-5-6-9(11(13)14-4)8(2)10(7)12-3/h5-6,12H,1-4H3. The molecule has 0 saturated carbocycles. The Morgan fingerprint density at radius 1 is 1.36 bits per heavy atom. The van der Waals surface area contributed by atoms with E-state index in [-0.39, 0.29) is 5.97 Å². The Balaban J connectivity index is 3.28. The largest absolute Gasteiger partial charge is 0.465 e. The second kappa shape index (κ2) is 4.13. The smallest absolute Gasteiger partial charge is 0.338 e. The first-order valence-electron chi connectivity index (χ1n) is 4.48. The van der Waals surface area contributed by atoms with E-state index in [1.165, 1.54) is 7.11 Å². The Bertz CT molecular complexity index is 359. The Hall–Kier alpha value is -1.51. The predicted octanol–water partition coefficient (Wildman–Crippen LogP) is 2.13. The van der Waals surface area contributed by atoms with Gasteiger partial charge in [0, 0.05) is 12.7 Å². The van der Waals surface area contributed by atoms with Crippen molar-refractivity contribution in [1.29, 1.82) is 0 Å². The minimum atomic E-state index is -0.293. The van der Waals surface area contributed by atoms with Crippen LogP contribution in [-0.2, 0) is 4.74 Å². The Kier molecular flexibility index (Phi) is 3.12. The van der Waals surface area contributed by atoms with Gasteiger partial charge in [0.05, 0.1) is 12.7 Å². The fraction of sp³-hybridized carbons (Fsp3) is 0.364. The van der Waals surface area contributed by atoms with E-state index < -0.39 is 0 Å². The molecule has 0 aliphatic rings. The summed E-state index contributed by atoms with van der Waals surface area (Å²) in [6.07, 6.45) is 0. The molecule has 0 bridgehead atoms. The first kappa shape index (κ1) is 10.6. The SMILES string of the molecule is CNc1c(C)ccc(C(=O)OC)c1C. The van der Waals surface area contributed by atoms with Gasteiger partial charge in [0.1, 0.15) is 0 Å². The molecule has 3 nitrogen and oxygen atoms in total. The number of esters is 1. The van der Waals surface area contributed by atoms with Crippen molar-refractivity contribution in [2.24, 2.45) is 0 Å². The minimum Gasteiger partial charge on any atom is -0.465 e. The number of hydrogen-bond acceptors (Lipinski definition) is 3. The number of hydrogen-bond donors (Lipinski definition) is 1. The summed E-state index contributed by atoms with van der Waals surface area (Å²) < 4.78 is 4.69. The molecule has 0 saturated heterocycles. The summed E-state index contributed by atoms with van der Waals surface area (Å²) in [5.41, 5.74) is 3.66. The second-order valence-electron chi connectivity index (χ2n) is 3.17. The molecule has 0 unspecified atom stereocenters. The third kappa shape index (κ3) is 1.71. The summed E-state index contributed by atoms with van der Waals surface area (Å²) in [5.74, 6) is -0.293. The zero-order chi connectivity index (χ0) is 10.7. The van der Waals surface area contributed by atoms with Gasteiger partial charge in [0.15, 0.2) is 0 Å². The highest BCUT2D eigenvalue weighted by atomic mass is 16.5. The van der Waals surface area contributed by atoms with Gasteiger partial charge in [-0.1, -0.05) is 6.07 Å². The number of ether oxygens (including phenoxy) is 1. The molecule has 0 heterocycles. The van der Waals surface area contributed by atoms with Crippen LogP contribution in [0, 0.1) is 13.8 Å². The molecular weight excluding hydrogens is 178 g/mol. The van der Waals surface area contributed by atoms with Crippen LogP contribution in [0.1, 0.15) is 21.5 Å². The lowest BCUT2D eigenvalue weighted by molar-refractivity contribution is 0.0600. The van der Waals surface area contributed by atoms with Gasteiger partial charge < -0.3 is 10.1 Å². The highest BCUT2D eigenvalue weighted by Crippen LogP contribution is 2.23. The van der Waals surface area contributed by atoms with Crippen molar-refractivity contribution >= 4 is 11.7 Å². The van der Waals surface area contributed by atoms with Crippen LogP contribution in [0.15, 0.2) is 12.1 Å². The van der Waals surface area contributed by atoms with Crippen LogP contribution in [0.5, 0.6) is 0 Å². The maximum absolute atomic E-state index is 11.4. The fourth-order valence-corrected chi connectivity index (χ4v) is 1.56. The number of benzene rings is 1. The van der Waals surface area contributed by atoms with Crippen molar-refractivity contribution in [2.45, 2.75) is 13.8 Å². The molecule has 1 aromatic rings. The summed E-state index contributed by atoms with van der Waals surface area (Å²) in [7, 11) is 3.23. The van der Waals surface area contributed by atoms with E-state index >= 15 is 0 Å². The highest BCUT2D eigenvalue weighted by molar-refractivity contribution is 5.93. The maximum Gasteiger partial charge on any atom is 0.338 e. The van der Waals surface area contributed by atoms with E-state index in [2.05, 4.69) is 10.1 Å². The fourth-order valence-electron chi connectivity index (χ4n) is 1.56. The van der Waals surface area contributed by atoms with Gasteiger partial charge in [-0.05, 0) is 31.0 Å². The third-order valence-electron chi connectivity index (χ3n) is 2.33. The van der Waals surface area contributed by atoms with E-state index in [1.807, 2.05) is 27.0 Å². The quantitative estimate of drug-likeness (QED) is 0.731. The van der Waals surface area contributed by atoms with Gasteiger partial charge in [0.25, 0.3) is 0 Å². The van der Waals surface area contributed by atoms with Crippen molar-refractivity contribution in [3.05, 3.63) is 28.8 Å². The first-order valence-corrected chi connectivity index (χ1v) is 4.48. The molecule has 1 N–H and O–H groups in total. The molecule has 0 aliphatic carbocycles. The number of nitrogens with one attached hydrogen (secondary N) is 1. The van der Waals surface area contributed by atoms with E-state index in [9.17, 15) is 4.79 Å². The lowest BCUT2D eigenvalue weighted by Gasteiger charge is -2.12. The molecule has 1 aromatic carbocycles. The molecule has 0 fully saturated rings. The second-order valence-corrected chi connectivity index (χ2v) is 3.17. The van der Waals surface area contributed by atoms with Gasteiger partial charge in [0.2, 0.25) is 0 Å². The molecule has 14 heavy (non-hydrogen) atoms. The van der Waals surface area contributed by atoms with Crippen molar-refractivity contribution in [1.82, 2.24) is 0 Å². The monoisotopic (exact) mass is 193 g/mol. The zero-order valence-corrected chi connectivity index (χ0v) is 8.97. The lowest BCUT2D eigenvalue weighted by Crippen LogP contribution is -2.06. The Labute approximate surface area is 84.1 Å². The molecule has 0 aliphatic heterocycles. The third-order valence-corrected chi connectivity index (χ3v) is 2.33. The molecule has 0 spiro atoms. The molecule has 0 amide bonds. The van der Waals surface area contributed by atoms with Crippen LogP contribution < -0.4 is 5.32 Å². The van der Waals surface area contributed by atoms with Gasteiger partial charge in [-0.15, -0.1) is 0 Å². The van der Waals surface area contributed by atoms with Gasteiger partial charge >= 0.3 is 5.97 Å². The van der Waals surface area contributed by atoms with Crippen molar-refractivity contribution in [3.63, 3.8) is 0 Å². The van der Waals surface area contributed by atoms with Crippen molar-refractivity contribution < 1.29 is 9.53 Å². The van der Waals surface area contributed by atoms with Crippen LogP contribution in [0.3, 0.4) is 0 Å². The lowest BCUT2D eigenvalue weighted by atomic mass is 10.0. The van der Waals surface area contributed by atoms with Crippen LogP contribution in [0.2, 0.25) is 0 Å². The molecule has 3 heteroatoms. The molecule has 1 rings (SSSR count). The Morgan fingerprint density at radius 3 is 2.50 bits per heavy atom. The number of anilines is 1. The molecule has 0 radical (unpaired) electrons. The van der Waals surface area contributed by atoms with Gasteiger partial charge in [-0.2, -0.15) is 0 Å². The summed E-state index contributed by atoms with van der Waals surface area (Å²) in [5, 5.41) is 3.08. The number of aryl methyl sites for hydroxylation is 1. The predicted molar refractivity (Wildman–Crippen MR) is 56.8 cm³/mol.